The average Bonchev–Trinajstić information content (AvgIpc) is 2.39. The van der Waals surface area contributed by atoms with Crippen LogP contribution in [-0.4, -0.2) is 7.11 Å². The molecule has 2 aromatic carbocycles. The summed E-state index contributed by atoms with van der Waals surface area (Å²) < 4.78 is 18.4. The van der Waals surface area contributed by atoms with E-state index in [9.17, 15) is 4.39 Å². The van der Waals surface area contributed by atoms with E-state index >= 15 is 0 Å². The predicted octanol–water partition coefficient (Wildman–Crippen LogP) is 4.32. The van der Waals surface area contributed by atoms with Crippen LogP contribution in [0.1, 0.15) is 24.1 Å². The van der Waals surface area contributed by atoms with Crippen molar-refractivity contribution in [2.24, 2.45) is 0 Å². The summed E-state index contributed by atoms with van der Waals surface area (Å²) in [4.78, 5) is 0. The van der Waals surface area contributed by atoms with Gasteiger partial charge in [0.1, 0.15) is 11.6 Å². The third-order valence-corrected chi connectivity index (χ3v) is 3.13. The van der Waals surface area contributed by atoms with Crippen molar-refractivity contribution in [2.75, 3.05) is 12.4 Å². The molecule has 0 spiro atoms. The summed E-state index contributed by atoms with van der Waals surface area (Å²) in [6.45, 7) is 4.01. The van der Waals surface area contributed by atoms with Crippen molar-refractivity contribution in [1.29, 1.82) is 0 Å². The Bertz CT molecular complexity index is 568. The molecule has 0 saturated carbocycles. The van der Waals surface area contributed by atoms with Gasteiger partial charge in [0.2, 0.25) is 0 Å². The number of anilines is 1. The zero-order chi connectivity index (χ0) is 13.8. The second kappa shape index (κ2) is 5.74. The largest absolute Gasteiger partial charge is 0.496 e. The van der Waals surface area contributed by atoms with E-state index in [4.69, 9.17) is 4.74 Å². The van der Waals surface area contributed by atoms with Gasteiger partial charge < -0.3 is 10.1 Å². The second-order valence-electron chi connectivity index (χ2n) is 4.61. The highest BCUT2D eigenvalue weighted by molar-refractivity contribution is 5.52. The van der Waals surface area contributed by atoms with E-state index in [0.717, 1.165) is 22.6 Å². The molecule has 3 heteroatoms. The van der Waals surface area contributed by atoms with Crippen molar-refractivity contribution < 1.29 is 9.13 Å². The molecular formula is C16H18FNO. The van der Waals surface area contributed by atoms with E-state index in [0.29, 0.717) is 0 Å². The SMILES string of the molecule is COc1ccc(NC(C)c2cccc(F)c2)cc1C. The Morgan fingerprint density at radius 3 is 2.58 bits per heavy atom. The van der Waals surface area contributed by atoms with E-state index in [1.54, 1.807) is 19.2 Å². The standard InChI is InChI=1S/C16H18FNO/c1-11-9-15(7-8-16(11)19-3)18-12(2)13-5-4-6-14(17)10-13/h4-10,12,18H,1-3H3. The van der Waals surface area contributed by atoms with Crippen molar-refractivity contribution in [3.8, 4) is 5.75 Å². The van der Waals surface area contributed by atoms with Crippen LogP contribution < -0.4 is 10.1 Å². The molecule has 0 amide bonds. The Morgan fingerprint density at radius 2 is 1.95 bits per heavy atom. The number of nitrogens with one attached hydrogen (secondary N) is 1. The van der Waals surface area contributed by atoms with Gasteiger partial charge in [-0.05, 0) is 55.3 Å². The van der Waals surface area contributed by atoms with Crippen LogP contribution in [0.3, 0.4) is 0 Å². The zero-order valence-electron chi connectivity index (χ0n) is 11.4. The van der Waals surface area contributed by atoms with Gasteiger partial charge in [-0.1, -0.05) is 12.1 Å². The summed E-state index contributed by atoms with van der Waals surface area (Å²) in [5, 5.41) is 3.36. The van der Waals surface area contributed by atoms with Crippen molar-refractivity contribution in [3.63, 3.8) is 0 Å². The Morgan fingerprint density at radius 1 is 1.16 bits per heavy atom. The van der Waals surface area contributed by atoms with E-state index < -0.39 is 0 Å². The highest BCUT2D eigenvalue weighted by atomic mass is 19.1. The van der Waals surface area contributed by atoms with Gasteiger partial charge in [0, 0.05) is 11.7 Å². The van der Waals surface area contributed by atoms with Crippen LogP contribution >= 0.6 is 0 Å². The number of hydrogen-bond acceptors (Lipinski definition) is 2. The molecule has 0 aromatic heterocycles. The normalized spacial score (nSPS) is 12.0. The van der Waals surface area contributed by atoms with Crippen LogP contribution in [0.25, 0.3) is 0 Å². The summed E-state index contributed by atoms with van der Waals surface area (Å²) in [6.07, 6.45) is 0. The molecule has 0 saturated heterocycles. The minimum absolute atomic E-state index is 0.0449. The van der Waals surface area contributed by atoms with Crippen LogP contribution in [-0.2, 0) is 0 Å². The first-order chi connectivity index (χ1) is 9.10. The molecule has 100 valence electrons. The van der Waals surface area contributed by atoms with Gasteiger partial charge in [-0.2, -0.15) is 0 Å². The first kappa shape index (κ1) is 13.4. The fraction of sp³-hybridized carbons (Fsp3) is 0.250. The van der Waals surface area contributed by atoms with E-state index in [1.807, 2.05) is 38.1 Å². The first-order valence-corrected chi connectivity index (χ1v) is 6.27. The summed E-state index contributed by atoms with van der Waals surface area (Å²) in [5.74, 6) is 0.654. The second-order valence-corrected chi connectivity index (χ2v) is 4.61. The third kappa shape index (κ3) is 3.25. The molecule has 19 heavy (non-hydrogen) atoms. The molecule has 0 aliphatic heterocycles. The highest BCUT2D eigenvalue weighted by Gasteiger charge is 2.07. The predicted molar refractivity (Wildman–Crippen MR) is 76.2 cm³/mol. The van der Waals surface area contributed by atoms with E-state index in [1.165, 1.54) is 6.07 Å². The summed E-state index contributed by atoms with van der Waals surface area (Å²) in [7, 11) is 1.66. The van der Waals surface area contributed by atoms with Gasteiger partial charge in [-0.15, -0.1) is 0 Å². The molecule has 0 aliphatic carbocycles. The Hall–Kier alpha value is -2.03. The van der Waals surface area contributed by atoms with Gasteiger partial charge in [-0.25, -0.2) is 4.39 Å². The number of hydrogen-bond donors (Lipinski definition) is 1. The smallest absolute Gasteiger partial charge is 0.123 e. The summed E-state index contributed by atoms with van der Waals surface area (Å²) in [6, 6.07) is 12.6. The van der Waals surface area contributed by atoms with Gasteiger partial charge in [0.15, 0.2) is 0 Å². The Labute approximate surface area is 113 Å². The van der Waals surface area contributed by atoms with Gasteiger partial charge in [0.25, 0.3) is 0 Å². The maximum absolute atomic E-state index is 13.2. The fourth-order valence-electron chi connectivity index (χ4n) is 2.08. The zero-order valence-corrected chi connectivity index (χ0v) is 11.4. The van der Waals surface area contributed by atoms with Crippen molar-refractivity contribution in [2.45, 2.75) is 19.9 Å². The van der Waals surface area contributed by atoms with Crippen molar-refractivity contribution in [3.05, 3.63) is 59.4 Å². The Kier molecular flexibility index (Phi) is 4.05. The third-order valence-electron chi connectivity index (χ3n) is 3.13. The molecular weight excluding hydrogens is 241 g/mol. The van der Waals surface area contributed by atoms with Gasteiger partial charge >= 0.3 is 0 Å². The molecule has 2 aromatic rings. The fourth-order valence-corrected chi connectivity index (χ4v) is 2.08. The highest BCUT2D eigenvalue weighted by Crippen LogP contribution is 2.25. The lowest BCUT2D eigenvalue weighted by molar-refractivity contribution is 0.412. The number of methoxy groups -OCH3 is 1. The van der Waals surface area contributed by atoms with Crippen molar-refractivity contribution in [1.82, 2.24) is 0 Å². The number of halogens is 1. The van der Waals surface area contributed by atoms with E-state index in [-0.39, 0.29) is 11.9 Å². The lowest BCUT2D eigenvalue weighted by Gasteiger charge is -2.17. The van der Waals surface area contributed by atoms with Gasteiger partial charge in [0.05, 0.1) is 7.11 Å². The number of benzene rings is 2. The minimum Gasteiger partial charge on any atom is -0.496 e. The molecule has 0 radical (unpaired) electrons. The first-order valence-electron chi connectivity index (χ1n) is 6.27. The molecule has 0 aliphatic rings. The molecule has 2 rings (SSSR count). The minimum atomic E-state index is -0.211. The maximum Gasteiger partial charge on any atom is 0.123 e. The molecule has 0 heterocycles. The molecule has 1 N–H and O–H groups in total. The molecule has 0 bridgehead atoms. The van der Waals surface area contributed by atoms with Crippen LogP contribution in [0, 0.1) is 12.7 Å². The monoisotopic (exact) mass is 259 g/mol. The molecule has 1 unspecified atom stereocenters. The quantitative estimate of drug-likeness (QED) is 0.883. The van der Waals surface area contributed by atoms with Crippen LogP contribution in [0.4, 0.5) is 10.1 Å². The molecule has 1 atom stereocenters. The molecule has 0 fully saturated rings. The van der Waals surface area contributed by atoms with E-state index in [2.05, 4.69) is 5.32 Å². The Balaban J connectivity index is 2.14. The number of rotatable bonds is 4. The van der Waals surface area contributed by atoms with Crippen molar-refractivity contribution >= 4 is 5.69 Å². The summed E-state index contributed by atoms with van der Waals surface area (Å²) >= 11 is 0. The van der Waals surface area contributed by atoms with Crippen LogP contribution in [0.2, 0.25) is 0 Å². The lowest BCUT2D eigenvalue weighted by atomic mass is 10.1. The average molecular weight is 259 g/mol. The molecule has 2 nitrogen and oxygen atoms in total. The number of ether oxygens (including phenoxy) is 1. The maximum atomic E-state index is 13.2. The lowest BCUT2D eigenvalue weighted by Crippen LogP contribution is -2.07. The van der Waals surface area contributed by atoms with Crippen LogP contribution in [0.5, 0.6) is 5.75 Å². The van der Waals surface area contributed by atoms with Gasteiger partial charge in [-0.3, -0.25) is 0 Å². The number of aryl methyl sites for hydroxylation is 1. The van der Waals surface area contributed by atoms with Crippen LogP contribution in [0.15, 0.2) is 42.5 Å². The topological polar surface area (TPSA) is 21.3 Å². The summed E-state index contributed by atoms with van der Waals surface area (Å²) in [5.41, 5.74) is 2.99.